The molecule has 116 valence electrons. The van der Waals surface area contributed by atoms with Gasteiger partial charge in [0.15, 0.2) is 0 Å². The van der Waals surface area contributed by atoms with Gasteiger partial charge < -0.3 is 9.47 Å². The molecule has 0 aliphatic heterocycles. The number of ether oxygens (including phenoxy) is 2. The van der Waals surface area contributed by atoms with Crippen molar-refractivity contribution in [1.82, 2.24) is 5.32 Å². The first kappa shape index (κ1) is 17.9. The van der Waals surface area contributed by atoms with Gasteiger partial charge in [0.05, 0.1) is 12.2 Å². The lowest BCUT2D eigenvalue weighted by Crippen LogP contribution is -2.47. The van der Waals surface area contributed by atoms with Crippen LogP contribution in [-0.2, 0) is 9.47 Å². The minimum Gasteiger partial charge on any atom is -0.449 e. The van der Waals surface area contributed by atoms with E-state index in [1.54, 1.807) is 18.2 Å². The lowest BCUT2D eigenvalue weighted by atomic mass is 10.2. The van der Waals surface area contributed by atoms with Crippen LogP contribution in [0, 0.1) is 0 Å². The van der Waals surface area contributed by atoms with Crippen LogP contribution in [0.25, 0.3) is 0 Å². The Hall–Kier alpha value is -1.17. The van der Waals surface area contributed by atoms with Crippen LogP contribution >= 0.6 is 34.8 Å². The van der Waals surface area contributed by atoms with E-state index >= 15 is 0 Å². The van der Waals surface area contributed by atoms with Crippen molar-refractivity contribution in [3.05, 3.63) is 35.9 Å². The molecule has 1 rings (SSSR count). The molecule has 0 aromatic heterocycles. The Balaban J connectivity index is 2.71. The van der Waals surface area contributed by atoms with Crippen LogP contribution in [0.4, 0.5) is 4.79 Å². The van der Waals surface area contributed by atoms with E-state index in [-0.39, 0.29) is 12.2 Å². The van der Waals surface area contributed by atoms with Gasteiger partial charge in [0.25, 0.3) is 0 Å². The van der Waals surface area contributed by atoms with Crippen LogP contribution in [0.1, 0.15) is 23.7 Å². The Morgan fingerprint density at radius 2 is 1.86 bits per heavy atom. The lowest BCUT2D eigenvalue weighted by molar-refractivity contribution is 0.0216. The summed E-state index contributed by atoms with van der Waals surface area (Å²) in [5.41, 5.74) is 0.264. The number of hydrogen-bond acceptors (Lipinski definition) is 4. The Morgan fingerprint density at radius 1 is 1.24 bits per heavy atom. The Labute approximate surface area is 137 Å². The number of nitrogens with one attached hydrogen (secondary N) is 1. The van der Waals surface area contributed by atoms with E-state index in [0.717, 1.165) is 0 Å². The van der Waals surface area contributed by atoms with Crippen LogP contribution in [0.15, 0.2) is 30.3 Å². The molecule has 1 N–H and O–H groups in total. The van der Waals surface area contributed by atoms with Gasteiger partial charge in [0.2, 0.25) is 10.0 Å². The van der Waals surface area contributed by atoms with E-state index in [1.807, 2.05) is 6.92 Å². The molecule has 0 aliphatic carbocycles. The van der Waals surface area contributed by atoms with Crippen LogP contribution in [0.2, 0.25) is 0 Å². The summed E-state index contributed by atoms with van der Waals surface area (Å²) < 4.78 is 7.76. The molecular weight excluding hydrogens is 341 g/mol. The topological polar surface area (TPSA) is 64.6 Å². The molecule has 0 aliphatic rings. The van der Waals surface area contributed by atoms with Gasteiger partial charge in [0.1, 0.15) is 0 Å². The molecule has 0 saturated heterocycles. The first-order valence-corrected chi connectivity index (χ1v) is 7.24. The van der Waals surface area contributed by atoms with Crippen molar-refractivity contribution in [2.75, 3.05) is 6.61 Å². The van der Waals surface area contributed by atoms with Gasteiger partial charge in [-0.3, -0.25) is 5.32 Å². The summed E-state index contributed by atoms with van der Waals surface area (Å²) in [5, 5.41) is 2.19. The van der Waals surface area contributed by atoms with Crippen molar-refractivity contribution in [3.8, 4) is 0 Å². The number of benzene rings is 1. The van der Waals surface area contributed by atoms with Crippen molar-refractivity contribution in [2.24, 2.45) is 0 Å². The number of carbonyl (C=O) groups is 2. The highest BCUT2D eigenvalue weighted by Gasteiger charge is 2.38. The van der Waals surface area contributed by atoms with Crippen LogP contribution in [-0.4, -0.2) is 28.7 Å². The van der Waals surface area contributed by atoms with Gasteiger partial charge >= 0.3 is 12.1 Å². The van der Waals surface area contributed by atoms with Crippen LogP contribution < -0.4 is 5.32 Å². The summed E-state index contributed by atoms with van der Waals surface area (Å²) in [5.74, 6) is -0.734. The molecule has 1 aromatic rings. The van der Waals surface area contributed by atoms with Gasteiger partial charge in [-0.05, 0) is 18.6 Å². The van der Waals surface area contributed by atoms with Crippen molar-refractivity contribution >= 4 is 46.9 Å². The molecule has 0 radical (unpaired) electrons. The predicted octanol–water partition coefficient (Wildman–Crippen LogP) is 3.68. The first-order valence-electron chi connectivity index (χ1n) is 6.10. The number of amides is 1. The summed E-state index contributed by atoms with van der Waals surface area (Å²) in [6.07, 6.45) is -1.68. The van der Waals surface area contributed by atoms with E-state index in [4.69, 9.17) is 44.3 Å². The smallest absolute Gasteiger partial charge is 0.410 e. The van der Waals surface area contributed by atoms with Crippen LogP contribution in [0.5, 0.6) is 0 Å². The molecule has 1 atom stereocenters. The fourth-order valence-corrected chi connectivity index (χ4v) is 1.57. The third kappa shape index (κ3) is 6.42. The summed E-state index contributed by atoms with van der Waals surface area (Å²) >= 11 is 17.1. The predicted molar refractivity (Wildman–Crippen MR) is 80.7 cm³/mol. The molecular formula is C13H14Cl3NO4. The average Bonchev–Trinajstić information content (AvgIpc) is 2.44. The second-order valence-corrected chi connectivity index (χ2v) is 6.34. The molecule has 0 fully saturated rings. The summed E-state index contributed by atoms with van der Waals surface area (Å²) in [6.45, 7) is 2.03. The maximum absolute atomic E-state index is 11.9. The van der Waals surface area contributed by atoms with Gasteiger partial charge in [0, 0.05) is 0 Å². The minimum atomic E-state index is -2.03. The highest BCUT2D eigenvalue weighted by Crippen LogP contribution is 2.31. The van der Waals surface area contributed by atoms with E-state index < -0.39 is 22.1 Å². The summed E-state index contributed by atoms with van der Waals surface area (Å²) in [7, 11) is 0. The standard InChI is InChI=1S/C13H14Cl3NO4/c1-2-8-20-12(19)17-11(13(14,15)16)21-10(18)9-6-4-3-5-7-9/h3-7,11H,2,8H2,1H3,(H,17,19). The molecule has 5 nitrogen and oxygen atoms in total. The number of rotatable bonds is 5. The molecule has 1 unspecified atom stereocenters. The summed E-state index contributed by atoms with van der Waals surface area (Å²) in [6, 6.07) is 8.12. The molecule has 8 heteroatoms. The number of carbonyl (C=O) groups excluding carboxylic acids is 2. The zero-order chi connectivity index (χ0) is 15.9. The van der Waals surface area contributed by atoms with Gasteiger partial charge in [-0.1, -0.05) is 59.9 Å². The van der Waals surface area contributed by atoms with E-state index in [9.17, 15) is 9.59 Å². The highest BCUT2D eigenvalue weighted by molar-refractivity contribution is 6.68. The van der Waals surface area contributed by atoms with Crippen molar-refractivity contribution in [1.29, 1.82) is 0 Å². The van der Waals surface area contributed by atoms with Gasteiger partial charge in [-0.15, -0.1) is 0 Å². The summed E-state index contributed by atoms with van der Waals surface area (Å²) in [4.78, 5) is 23.4. The van der Waals surface area contributed by atoms with Crippen molar-refractivity contribution in [2.45, 2.75) is 23.4 Å². The Kier molecular flexibility index (Phi) is 7.08. The molecule has 0 saturated carbocycles. The van der Waals surface area contributed by atoms with Crippen molar-refractivity contribution in [3.63, 3.8) is 0 Å². The molecule has 21 heavy (non-hydrogen) atoms. The normalized spacial score (nSPS) is 12.4. The number of esters is 1. The third-order valence-corrected chi connectivity index (χ3v) is 2.81. The second kappa shape index (κ2) is 8.32. The van der Waals surface area contributed by atoms with E-state index in [0.29, 0.717) is 6.42 Å². The first-order chi connectivity index (χ1) is 9.84. The molecule has 1 amide bonds. The van der Waals surface area contributed by atoms with Crippen molar-refractivity contribution < 1.29 is 19.1 Å². The molecule has 0 bridgehead atoms. The molecule has 0 heterocycles. The molecule has 1 aromatic carbocycles. The zero-order valence-corrected chi connectivity index (χ0v) is 13.4. The quantitative estimate of drug-likeness (QED) is 0.498. The van der Waals surface area contributed by atoms with Gasteiger partial charge in [-0.25, -0.2) is 9.59 Å². The Morgan fingerprint density at radius 3 is 2.38 bits per heavy atom. The number of alkyl carbamates (subject to hydrolysis) is 1. The average molecular weight is 355 g/mol. The second-order valence-electron chi connectivity index (χ2n) is 3.97. The third-order valence-electron chi connectivity index (χ3n) is 2.22. The fraction of sp³-hybridized carbons (Fsp3) is 0.385. The monoisotopic (exact) mass is 353 g/mol. The van der Waals surface area contributed by atoms with E-state index in [2.05, 4.69) is 5.32 Å². The zero-order valence-electron chi connectivity index (χ0n) is 11.1. The maximum Gasteiger partial charge on any atom is 0.410 e. The highest BCUT2D eigenvalue weighted by atomic mass is 35.6. The van der Waals surface area contributed by atoms with E-state index in [1.165, 1.54) is 12.1 Å². The SMILES string of the molecule is CCCOC(=O)NC(OC(=O)c1ccccc1)C(Cl)(Cl)Cl. The largest absolute Gasteiger partial charge is 0.449 e. The Bertz CT molecular complexity index is 476. The fourth-order valence-electron chi connectivity index (χ4n) is 1.27. The number of alkyl halides is 3. The minimum absolute atomic E-state index is 0.199. The number of hydrogen-bond donors (Lipinski definition) is 1. The van der Waals surface area contributed by atoms with Crippen LogP contribution in [0.3, 0.4) is 0 Å². The molecule has 0 spiro atoms. The van der Waals surface area contributed by atoms with Gasteiger partial charge in [-0.2, -0.15) is 0 Å². The maximum atomic E-state index is 11.9. The number of halogens is 3. The lowest BCUT2D eigenvalue weighted by Gasteiger charge is -2.24.